The standard InChI is InChI=1S/C13H31NO5S/c1-16-12-6-5-8-14(10-11-15)9-7-13-20(17-2,18-3)19-4/h15H,5-13H2,1-4H3. The van der Waals surface area contributed by atoms with Gasteiger partial charge < -0.3 is 14.7 Å². The molecule has 6 nitrogen and oxygen atoms in total. The summed E-state index contributed by atoms with van der Waals surface area (Å²) in [5, 5.41) is 9.10. The van der Waals surface area contributed by atoms with Crippen molar-refractivity contribution < 1.29 is 22.4 Å². The third kappa shape index (κ3) is 8.41. The molecule has 0 spiro atoms. The minimum absolute atomic E-state index is 0.182. The van der Waals surface area contributed by atoms with Crippen molar-refractivity contribution in [2.24, 2.45) is 0 Å². The van der Waals surface area contributed by atoms with Crippen LogP contribution in [0.3, 0.4) is 0 Å². The van der Waals surface area contributed by atoms with Gasteiger partial charge in [-0.15, -0.1) is 0 Å². The summed E-state index contributed by atoms with van der Waals surface area (Å²) >= 11 is 0. The zero-order valence-corrected chi connectivity index (χ0v) is 14.1. The Morgan fingerprint density at radius 1 is 0.850 bits per heavy atom. The number of aliphatic hydroxyl groups is 1. The number of unbranched alkanes of at least 4 members (excludes halogenated alkanes) is 1. The van der Waals surface area contributed by atoms with E-state index in [1.54, 1.807) is 28.4 Å². The zero-order valence-electron chi connectivity index (χ0n) is 13.3. The van der Waals surface area contributed by atoms with Gasteiger partial charge in [0.05, 0.1) is 38.8 Å². The number of hydrogen-bond donors (Lipinski definition) is 1. The molecule has 0 radical (unpaired) electrons. The maximum absolute atomic E-state index is 9.10. The molecule has 0 aromatic carbocycles. The fourth-order valence-electron chi connectivity index (χ4n) is 1.98. The first kappa shape index (κ1) is 20.1. The van der Waals surface area contributed by atoms with Crippen LogP contribution in [0.25, 0.3) is 0 Å². The second kappa shape index (κ2) is 12.8. The molecule has 0 amide bonds. The first-order valence-electron chi connectivity index (χ1n) is 6.98. The van der Waals surface area contributed by atoms with Crippen LogP contribution >= 0.6 is 10.9 Å². The van der Waals surface area contributed by atoms with E-state index in [9.17, 15) is 0 Å². The van der Waals surface area contributed by atoms with Crippen LogP contribution < -0.4 is 0 Å². The van der Waals surface area contributed by atoms with Crippen LogP contribution in [0.5, 0.6) is 0 Å². The van der Waals surface area contributed by atoms with Gasteiger partial charge in [-0.05, 0) is 32.4 Å². The van der Waals surface area contributed by atoms with Crippen LogP contribution in [0, 0.1) is 0 Å². The first-order chi connectivity index (χ1) is 9.67. The second-order valence-electron chi connectivity index (χ2n) is 4.38. The molecule has 0 bridgehead atoms. The van der Waals surface area contributed by atoms with Gasteiger partial charge in [0.2, 0.25) is 0 Å². The van der Waals surface area contributed by atoms with Gasteiger partial charge in [0.25, 0.3) is 0 Å². The third-order valence-corrected chi connectivity index (χ3v) is 5.43. The molecule has 0 aliphatic rings. The Morgan fingerprint density at radius 2 is 1.45 bits per heavy atom. The Labute approximate surface area is 125 Å². The zero-order chi connectivity index (χ0) is 15.3. The van der Waals surface area contributed by atoms with Crippen molar-refractivity contribution in [1.82, 2.24) is 4.90 Å². The summed E-state index contributed by atoms with van der Waals surface area (Å²) in [7, 11) is 4.69. The molecule has 0 atom stereocenters. The van der Waals surface area contributed by atoms with Crippen LogP contribution in [0.2, 0.25) is 0 Å². The van der Waals surface area contributed by atoms with Crippen molar-refractivity contribution in [1.29, 1.82) is 0 Å². The highest BCUT2D eigenvalue weighted by Crippen LogP contribution is 2.49. The molecule has 0 heterocycles. The van der Waals surface area contributed by atoms with Gasteiger partial charge in [-0.3, -0.25) is 12.5 Å². The molecular weight excluding hydrogens is 282 g/mol. The second-order valence-corrected chi connectivity index (χ2v) is 6.90. The van der Waals surface area contributed by atoms with Crippen molar-refractivity contribution in [3.8, 4) is 0 Å². The smallest absolute Gasteiger partial charge is 0.0879 e. The van der Waals surface area contributed by atoms with Gasteiger partial charge in [0, 0.05) is 26.0 Å². The lowest BCUT2D eigenvalue weighted by Crippen LogP contribution is -2.30. The summed E-state index contributed by atoms with van der Waals surface area (Å²) in [5.74, 6) is 0.733. The molecule has 0 fully saturated rings. The number of ether oxygens (including phenoxy) is 1. The first-order valence-corrected chi connectivity index (χ1v) is 8.55. The van der Waals surface area contributed by atoms with E-state index in [2.05, 4.69) is 4.90 Å². The fourth-order valence-corrected chi connectivity index (χ4v) is 3.37. The highest BCUT2D eigenvalue weighted by molar-refractivity contribution is 8.21. The van der Waals surface area contributed by atoms with Gasteiger partial charge in [-0.25, -0.2) is 0 Å². The van der Waals surface area contributed by atoms with Gasteiger partial charge in [0.15, 0.2) is 0 Å². The molecule has 0 aromatic heterocycles. The normalized spacial score (nSPS) is 13.1. The molecule has 7 heteroatoms. The van der Waals surface area contributed by atoms with Crippen LogP contribution in [0.4, 0.5) is 0 Å². The SMILES string of the molecule is COCCCCN(CCO)CCCS(OC)(OC)OC. The Balaban J connectivity index is 4.00. The van der Waals surface area contributed by atoms with Crippen molar-refractivity contribution in [2.45, 2.75) is 19.3 Å². The Morgan fingerprint density at radius 3 is 1.95 bits per heavy atom. The largest absolute Gasteiger partial charge is 0.395 e. The number of hydrogen-bond acceptors (Lipinski definition) is 6. The van der Waals surface area contributed by atoms with Crippen LogP contribution in [0.15, 0.2) is 0 Å². The van der Waals surface area contributed by atoms with E-state index in [1.807, 2.05) is 0 Å². The molecule has 0 saturated carbocycles. The minimum atomic E-state index is -1.86. The quantitative estimate of drug-likeness (QED) is 0.491. The predicted molar refractivity (Wildman–Crippen MR) is 82.7 cm³/mol. The van der Waals surface area contributed by atoms with Crippen molar-refractivity contribution >= 4 is 10.9 Å². The van der Waals surface area contributed by atoms with E-state index in [4.69, 9.17) is 22.4 Å². The molecule has 1 N–H and O–H groups in total. The molecule has 0 unspecified atom stereocenters. The number of aliphatic hydroxyl groups excluding tert-OH is 1. The highest BCUT2D eigenvalue weighted by Gasteiger charge is 2.22. The maximum atomic E-state index is 9.10. The van der Waals surface area contributed by atoms with E-state index < -0.39 is 10.9 Å². The van der Waals surface area contributed by atoms with Crippen molar-refractivity contribution in [3.05, 3.63) is 0 Å². The molecule has 124 valence electrons. The van der Waals surface area contributed by atoms with E-state index in [0.29, 0.717) is 6.54 Å². The summed E-state index contributed by atoms with van der Waals surface area (Å²) in [5.41, 5.74) is 0. The van der Waals surface area contributed by atoms with Crippen molar-refractivity contribution in [2.75, 3.05) is 67.0 Å². The molecule has 20 heavy (non-hydrogen) atoms. The van der Waals surface area contributed by atoms with Crippen LogP contribution in [-0.4, -0.2) is 77.0 Å². The predicted octanol–water partition coefficient (Wildman–Crippen LogP) is 1.59. The Hall–Kier alpha value is 0.110. The summed E-state index contributed by atoms with van der Waals surface area (Å²) in [6, 6.07) is 0. The summed E-state index contributed by atoms with van der Waals surface area (Å²) < 4.78 is 21.1. The summed E-state index contributed by atoms with van der Waals surface area (Å²) in [6.45, 7) is 3.54. The molecule has 0 aliphatic carbocycles. The molecule has 0 aliphatic heterocycles. The number of nitrogens with zero attached hydrogens (tertiary/aromatic N) is 1. The lowest BCUT2D eigenvalue weighted by molar-refractivity contribution is 0.170. The summed E-state index contributed by atoms with van der Waals surface area (Å²) in [6.07, 6.45) is 3.03. The number of methoxy groups -OCH3 is 1. The molecule has 0 saturated heterocycles. The minimum Gasteiger partial charge on any atom is -0.395 e. The fraction of sp³-hybridized carbons (Fsp3) is 1.00. The topological polar surface area (TPSA) is 60.4 Å². The van der Waals surface area contributed by atoms with Gasteiger partial charge >= 0.3 is 0 Å². The highest BCUT2D eigenvalue weighted by atomic mass is 32.3. The van der Waals surface area contributed by atoms with Crippen LogP contribution in [0.1, 0.15) is 19.3 Å². The van der Waals surface area contributed by atoms with E-state index in [0.717, 1.165) is 44.7 Å². The molecule has 0 rings (SSSR count). The average molecular weight is 313 g/mol. The maximum Gasteiger partial charge on any atom is 0.0879 e. The van der Waals surface area contributed by atoms with E-state index >= 15 is 0 Å². The molecular formula is C13H31NO5S. The lowest BCUT2D eigenvalue weighted by Gasteiger charge is -2.34. The molecule has 0 aromatic rings. The van der Waals surface area contributed by atoms with Crippen molar-refractivity contribution in [3.63, 3.8) is 0 Å². The average Bonchev–Trinajstić information content (AvgIpc) is 2.48. The van der Waals surface area contributed by atoms with Gasteiger partial charge in [-0.1, -0.05) is 0 Å². The monoisotopic (exact) mass is 313 g/mol. The Kier molecular flexibility index (Phi) is 12.9. The summed E-state index contributed by atoms with van der Waals surface area (Å²) in [4.78, 5) is 2.25. The van der Waals surface area contributed by atoms with E-state index in [-0.39, 0.29) is 6.61 Å². The Bertz CT molecular complexity index is 209. The number of rotatable bonds is 14. The van der Waals surface area contributed by atoms with Gasteiger partial charge in [-0.2, -0.15) is 0 Å². The van der Waals surface area contributed by atoms with E-state index in [1.165, 1.54) is 0 Å². The lowest BCUT2D eigenvalue weighted by atomic mass is 10.3. The van der Waals surface area contributed by atoms with Crippen LogP contribution in [-0.2, 0) is 17.3 Å². The van der Waals surface area contributed by atoms with Gasteiger partial charge in [0.1, 0.15) is 0 Å². The third-order valence-electron chi connectivity index (χ3n) is 3.12.